The van der Waals surface area contributed by atoms with Crippen molar-refractivity contribution in [3.63, 3.8) is 0 Å². The summed E-state index contributed by atoms with van der Waals surface area (Å²) in [4.78, 5) is 12.2. The van der Waals surface area contributed by atoms with Gasteiger partial charge in [0.25, 0.3) is 0 Å². The first-order valence-corrected chi connectivity index (χ1v) is 5.91. The zero-order chi connectivity index (χ0) is 12.9. The van der Waals surface area contributed by atoms with Crippen LogP contribution in [0.25, 0.3) is 0 Å². The molecule has 1 aliphatic rings. The van der Waals surface area contributed by atoms with Gasteiger partial charge in [-0.2, -0.15) is 10.5 Å². The lowest BCUT2D eigenvalue weighted by atomic mass is 9.63. The van der Waals surface area contributed by atoms with Gasteiger partial charge in [0.1, 0.15) is 5.78 Å². The number of ether oxygens (including phenoxy) is 1. The molecule has 4 heteroatoms. The first-order valence-electron chi connectivity index (χ1n) is 5.91. The van der Waals surface area contributed by atoms with Gasteiger partial charge in [-0.15, -0.1) is 0 Å². The highest BCUT2D eigenvalue weighted by Gasteiger charge is 2.52. The number of hydrogen-bond acceptors (Lipinski definition) is 4. The molecule has 0 unspecified atom stereocenters. The lowest BCUT2D eigenvalue weighted by Crippen LogP contribution is -2.55. The van der Waals surface area contributed by atoms with Crippen LogP contribution in [0.3, 0.4) is 0 Å². The second-order valence-corrected chi connectivity index (χ2v) is 4.93. The minimum atomic E-state index is -0.670. The molecule has 0 saturated carbocycles. The Morgan fingerprint density at radius 3 is 2.18 bits per heavy atom. The average molecular weight is 234 g/mol. The molecule has 0 aromatic rings. The van der Waals surface area contributed by atoms with E-state index in [2.05, 4.69) is 12.1 Å². The summed E-state index contributed by atoms with van der Waals surface area (Å²) in [5.74, 6) is 0.138. The van der Waals surface area contributed by atoms with Crippen molar-refractivity contribution in [1.82, 2.24) is 0 Å². The van der Waals surface area contributed by atoms with E-state index >= 15 is 0 Å². The highest BCUT2D eigenvalue weighted by Crippen LogP contribution is 2.46. The van der Waals surface area contributed by atoms with Crippen LogP contribution >= 0.6 is 0 Å². The van der Waals surface area contributed by atoms with Crippen molar-refractivity contribution in [2.45, 2.75) is 51.6 Å². The topological polar surface area (TPSA) is 73.9 Å². The molecule has 0 aromatic heterocycles. The summed E-state index contributed by atoms with van der Waals surface area (Å²) < 4.78 is 5.71. The molecule has 17 heavy (non-hydrogen) atoms. The Balaban J connectivity index is 3.03. The molecule has 1 saturated heterocycles. The second kappa shape index (κ2) is 5.29. The van der Waals surface area contributed by atoms with Crippen LogP contribution in [0.15, 0.2) is 0 Å². The van der Waals surface area contributed by atoms with Crippen molar-refractivity contribution in [2.24, 2.45) is 5.41 Å². The van der Waals surface area contributed by atoms with E-state index in [1.54, 1.807) is 0 Å². The molecule has 0 spiro atoms. The standard InChI is InChI=1S/C13H18N2O2/c1-12(2)13(6-3-8-14,7-4-9-15)11(16)5-10-17-12/h3-7,10H2,1-2H3. The number of hydrogen-bond donors (Lipinski definition) is 0. The molecule has 0 aliphatic carbocycles. The Morgan fingerprint density at radius 2 is 1.76 bits per heavy atom. The SMILES string of the molecule is CC1(C)OCCC(=O)C1(CCC#N)CCC#N. The molecule has 1 fully saturated rings. The Labute approximate surface area is 102 Å². The van der Waals surface area contributed by atoms with Gasteiger partial charge in [-0.3, -0.25) is 4.79 Å². The Hall–Kier alpha value is -1.39. The van der Waals surface area contributed by atoms with E-state index in [1.165, 1.54) is 0 Å². The van der Waals surface area contributed by atoms with E-state index in [1.807, 2.05) is 13.8 Å². The lowest BCUT2D eigenvalue weighted by molar-refractivity contribution is -0.174. The fourth-order valence-electron chi connectivity index (χ4n) is 2.66. The molecule has 0 radical (unpaired) electrons. The zero-order valence-corrected chi connectivity index (χ0v) is 10.5. The summed E-state index contributed by atoms with van der Waals surface area (Å²) in [7, 11) is 0. The van der Waals surface area contributed by atoms with Gasteiger partial charge in [0.2, 0.25) is 0 Å². The van der Waals surface area contributed by atoms with Gasteiger partial charge in [0.05, 0.1) is 29.8 Å². The highest BCUT2D eigenvalue weighted by molar-refractivity contribution is 5.87. The van der Waals surface area contributed by atoms with E-state index < -0.39 is 11.0 Å². The molecular formula is C13H18N2O2. The van der Waals surface area contributed by atoms with Crippen LogP contribution in [0, 0.1) is 28.1 Å². The van der Waals surface area contributed by atoms with Crippen molar-refractivity contribution in [1.29, 1.82) is 10.5 Å². The van der Waals surface area contributed by atoms with Gasteiger partial charge in [-0.05, 0) is 26.7 Å². The Morgan fingerprint density at radius 1 is 1.24 bits per heavy atom. The van der Waals surface area contributed by atoms with Crippen molar-refractivity contribution in [3.05, 3.63) is 0 Å². The van der Waals surface area contributed by atoms with Crippen LogP contribution in [0.5, 0.6) is 0 Å². The molecule has 0 bridgehead atoms. The van der Waals surface area contributed by atoms with E-state index in [9.17, 15) is 4.79 Å². The van der Waals surface area contributed by atoms with Crippen LogP contribution in [0.4, 0.5) is 0 Å². The van der Waals surface area contributed by atoms with Crippen LogP contribution in [-0.2, 0) is 9.53 Å². The van der Waals surface area contributed by atoms with Gasteiger partial charge >= 0.3 is 0 Å². The smallest absolute Gasteiger partial charge is 0.144 e. The normalized spacial score (nSPS) is 21.5. The van der Waals surface area contributed by atoms with E-state index in [4.69, 9.17) is 15.3 Å². The minimum Gasteiger partial charge on any atom is -0.374 e. The minimum absolute atomic E-state index is 0.138. The fourth-order valence-corrected chi connectivity index (χ4v) is 2.66. The van der Waals surface area contributed by atoms with Gasteiger partial charge in [0, 0.05) is 19.3 Å². The molecule has 0 amide bonds. The molecule has 92 valence electrons. The molecule has 1 rings (SSSR count). The van der Waals surface area contributed by atoms with Gasteiger partial charge in [-0.1, -0.05) is 0 Å². The molecule has 0 atom stereocenters. The summed E-state index contributed by atoms with van der Waals surface area (Å²) in [6, 6.07) is 4.17. The summed E-state index contributed by atoms with van der Waals surface area (Å²) in [5, 5.41) is 17.5. The number of Topliss-reactive ketones (excluding diaryl/α,β-unsaturated/α-hetero) is 1. The molecule has 1 aliphatic heterocycles. The van der Waals surface area contributed by atoms with E-state index in [0.29, 0.717) is 38.7 Å². The molecular weight excluding hydrogens is 216 g/mol. The zero-order valence-electron chi connectivity index (χ0n) is 10.5. The third-order valence-electron chi connectivity index (χ3n) is 3.81. The summed E-state index contributed by atoms with van der Waals surface area (Å²) >= 11 is 0. The van der Waals surface area contributed by atoms with Gasteiger partial charge in [0.15, 0.2) is 0 Å². The Kier molecular flexibility index (Phi) is 4.26. The van der Waals surface area contributed by atoms with Crippen LogP contribution in [0.2, 0.25) is 0 Å². The number of carbonyl (C=O) groups is 1. The number of nitriles is 2. The average Bonchev–Trinajstić information content (AvgIpc) is 2.27. The van der Waals surface area contributed by atoms with Gasteiger partial charge < -0.3 is 4.74 Å². The third-order valence-corrected chi connectivity index (χ3v) is 3.81. The molecule has 0 N–H and O–H groups in total. The third kappa shape index (κ3) is 2.48. The van der Waals surface area contributed by atoms with Crippen molar-refractivity contribution >= 4 is 5.78 Å². The van der Waals surface area contributed by atoms with Crippen LogP contribution in [-0.4, -0.2) is 18.0 Å². The predicted molar refractivity (Wildman–Crippen MR) is 61.8 cm³/mol. The van der Waals surface area contributed by atoms with Crippen LogP contribution < -0.4 is 0 Å². The number of carbonyl (C=O) groups excluding carboxylic acids is 1. The molecule has 1 heterocycles. The maximum atomic E-state index is 12.2. The van der Waals surface area contributed by atoms with Gasteiger partial charge in [-0.25, -0.2) is 0 Å². The summed E-state index contributed by atoms with van der Waals surface area (Å²) in [5.41, 5.74) is -1.26. The number of rotatable bonds is 4. The Bertz CT molecular complexity index is 356. The van der Waals surface area contributed by atoms with Crippen molar-refractivity contribution in [3.8, 4) is 12.1 Å². The maximum absolute atomic E-state index is 12.2. The summed E-state index contributed by atoms with van der Waals surface area (Å²) in [6.45, 7) is 4.21. The largest absolute Gasteiger partial charge is 0.374 e. The highest BCUT2D eigenvalue weighted by atomic mass is 16.5. The molecule has 0 aromatic carbocycles. The first-order chi connectivity index (χ1) is 8.00. The number of nitrogens with zero attached hydrogens (tertiary/aromatic N) is 2. The van der Waals surface area contributed by atoms with Crippen LogP contribution in [0.1, 0.15) is 46.0 Å². The van der Waals surface area contributed by atoms with E-state index in [-0.39, 0.29) is 5.78 Å². The quantitative estimate of drug-likeness (QED) is 0.748. The lowest BCUT2D eigenvalue weighted by Gasteiger charge is -2.48. The van der Waals surface area contributed by atoms with E-state index in [0.717, 1.165) is 0 Å². The first kappa shape index (κ1) is 13.7. The monoisotopic (exact) mass is 234 g/mol. The summed E-state index contributed by atoms with van der Waals surface area (Å²) in [6.07, 6.45) is 2.00. The molecule has 4 nitrogen and oxygen atoms in total. The maximum Gasteiger partial charge on any atom is 0.144 e. The fraction of sp³-hybridized carbons (Fsp3) is 0.769. The predicted octanol–water partition coefficient (Wildman–Crippen LogP) is 2.35. The van der Waals surface area contributed by atoms with Crippen molar-refractivity contribution < 1.29 is 9.53 Å². The second-order valence-electron chi connectivity index (χ2n) is 4.93. The van der Waals surface area contributed by atoms with Crippen molar-refractivity contribution in [2.75, 3.05) is 6.61 Å². The number of ketones is 1.